The van der Waals surface area contributed by atoms with Gasteiger partial charge in [-0.1, -0.05) is 15.9 Å². The number of benzene rings is 1. The van der Waals surface area contributed by atoms with E-state index in [1.807, 2.05) is 0 Å². The molecule has 0 saturated carbocycles. The summed E-state index contributed by atoms with van der Waals surface area (Å²) in [4.78, 5) is 10.9. The number of nitrogens with two attached hydrogens (primary N) is 1. The number of hydrogen-bond acceptors (Lipinski definition) is 1. The Morgan fingerprint density at radius 1 is 1.40 bits per heavy atom. The molecule has 2 N–H and O–H groups in total. The van der Waals surface area contributed by atoms with Gasteiger partial charge in [0.2, 0.25) is 5.91 Å². The van der Waals surface area contributed by atoms with Crippen molar-refractivity contribution in [1.82, 2.24) is 0 Å². The number of hydrogen-bond donors (Lipinski definition) is 1. The molecule has 82 valence electrons. The van der Waals surface area contributed by atoms with Gasteiger partial charge in [0.1, 0.15) is 0 Å². The van der Waals surface area contributed by atoms with E-state index >= 15 is 0 Å². The molecule has 15 heavy (non-hydrogen) atoms. The first-order valence-electron chi connectivity index (χ1n) is 3.90. The summed E-state index contributed by atoms with van der Waals surface area (Å²) in [5.74, 6) is -1.09. The summed E-state index contributed by atoms with van der Waals surface area (Å²) in [6, 6.07) is 2.35. The molecule has 2 nitrogen and oxygen atoms in total. The van der Waals surface area contributed by atoms with Crippen molar-refractivity contribution in [3.05, 3.63) is 33.3 Å². The third kappa shape index (κ3) is 2.50. The van der Waals surface area contributed by atoms with Gasteiger partial charge in [-0.2, -0.15) is 13.2 Å². The summed E-state index contributed by atoms with van der Waals surface area (Å²) in [6.45, 7) is 1.28. The Kier molecular flexibility index (Phi) is 3.08. The molecule has 0 fully saturated rings. The number of carbonyl (C=O) groups excluding carboxylic acids is 1. The van der Waals surface area contributed by atoms with Crippen LogP contribution in [-0.2, 0) is 6.18 Å². The SMILES string of the molecule is Cc1cc(Br)cc(C(N)=O)c1C(F)(F)F. The monoisotopic (exact) mass is 281 g/mol. The van der Waals surface area contributed by atoms with Crippen LogP contribution < -0.4 is 5.73 Å². The summed E-state index contributed by atoms with van der Waals surface area (Å²) < 4.78 is 38.1. The molecular formula is C9H7BrF3NO. The fourth-order valence-electron chi connectivity index (χ4n) is 1.31. The molecule has 1 amide bonds. The average Bonchev–Trinajstić information content (AvgIpc) is 1.99. The number of carbonyl (C=O) groups is 1. The van der Waals surface area contributed by atoms with Crippen molar-refractivity contribution in [3.8, 4) is 0 Å². The Balaban J connectivity index is 3.55. The Bertz CT molecular complexity index is 415. The highest BCUT2D eigenvalue weighted by Crippen LogP contribution is 2.35. The minimum absolute atomic E-state index is 0.0364. The van der Waals surface area contributed by atoms with E-state index in [2.05, 4.69) is 15.9 Å². The first-order chi connectivity index (χ1) is 6.73. The number of halogens is 4. The van der Waals surface area contributed by atoms with Crippen LogP contribution in [0.3, 0.4) is 0 Å². The summed E-state index contributed by atoms with van der Waals surface area (Å²) in [7, 11) is 0. The Labute approximate surface area is 92.4 Å². The fraction of sp³-hybridized carbons (Fsp3) is 0.222. The fourth-order valence-corrected chi connectivity index (χ4v) is 1.89. The number of amides is 1. The van der Waals surface area contributed by atoms with Gasteiger partial charge in [0.25, 0.3) is 0 Å². The van der Waals surface area contributed by atoms with Crippen molar-refractivity contribution in [2.45, 2.75) is 13.1 Å². The van der Waals surface area contributed by atoms with Crippen molar-refractivity contribution in [2.75, 3.05) is 0 Å². The first-order valence-corrected chi connectivity index (χ1v) is 4.70. The second-order valence-corrected chi connectivity index (χ2v) is 3.92. The van der Waals surface area contributed by atoms with E-state index in [0.29, 0.717) is 4.47 Å². The molecule has 0 bridgehead atoms. The lowest BCUT2D eigenvalue weighted by atomic mass is 10.0. The molecule has 0 saturated heterocycles. The molecule has 1 aromatic carbocycles. The highest BCUT2D eigenvalue weighted by Gasteiger charge is 2.36. The second kappa shape index (κ2) is 3.84. The molecule has 0 atom stereocenters. The van der Waals surface area contributed by atoms with Gasteiger partial charge in [-0.05, 0) is 24.6 Å². The van der Waals surface area contributed by atoms with Crippen LogP contribution in [0.5, 0.6) is 0 Å². The van der Waals surface area contributed by atoms with Crippen LogP contribution in [0.15, 0.2) is 16.6 Å². The van der Waals surface area contributed by atoms with Crippen LogP contribution in [0.4, 0.5) is 13.2 Å². The molecule has 1 aromatic rings. The standard InChI is InChI=1S/C9H7BrF3NO/c1-4-2-5(10)3-6(8(14)15)7(4)9(11,12)13/h2-3H,1H3,(H2,14,15). The van der Waals surface area contributed by atoms with E-state index in [9.17, 15) is 18.0 Å². The van der Waals surface area contributed by atoms with Crippen LogP contribution >= 0.6 is 15.9 Å². The minimum atomic E-state index is -4.57. The third-order valence-electron chi connectivity index (χ3n) is 1.85. The van der Waals surface area contributed by atoms with E-state index in [-0.39, 0.29) is 5.56 Å². The van der Waals surface area contributed by atoms with E-state index in [1.54, 1.807) is 0 Å². The predicted octanol–water partition coefficient (Wildman–Crippen LogP) is 2.88. The lowest BCUT2D eigenvalue weighted by Gasteiger charge is -2.14. The van der Waals surface area contributed by atoms with Crippen LogP contribution in [0.1, 0.15) is 21.5 Å². The maximum atomic E-state index is 12.6. The molecule has 6 heteroatoms. The molecule has 0 heterocycles. The zero-order valence-corrected chi connectivity index (χ0v) is 9.24. The molecule has 0 aliphatic carbocycles. The van der Waals surface area contributed by atoms with E-state index in [4.69, 9.17) is 5.73 Å². The molecular weight excluding hydrogens is 275 g/mol. The van der Waals surface area contributed by atoms with E-state index < -0.39 is 23.2 Å². The lowest BCUT2D eigenvalue weighted by molar-refractivity contribution is -0.138. The van der Waals surface area contributed by atoms with Gasteiger partial charge in [-0.15, -0.1) is 0 Å². The van der Waals surface area contributed by atoms with Gasteiger partial charge in [0.15, 0.2) is 0 Å². The van der Waals surface area contributed by atoms with Gasteiger partial charge in [0, 0.05) is 4.47 Å². The van der Waals surface area contributed by atoms with Crippen LogP contribution in [-0.4, -0.2) is 5.91 Å². The summed E-state index contributed by atoms with van der Waals surface area (Å²) in [5.41, 5.74) is 3.36. The molecule has 0 unspecified atom stereocenters. The topological polar surface area (TPSA) is 43.1 Å². The van der Waals surface area contributed by atoms with Gasteiger partial charge < -0.3 is 5.73 Å². The summed E-state index contributed by atoms with van der Waals surface area (Å²) >= 11 is 3.01. The van der Waals surface area contributed by atoms with Gasteiger partial charge >= 0.3 is 6.18 Å². The van der Waals surface area contributed by atoms with E-state index in [0.717, 1.165) is 6.07 Å². The minimum Gasteiger partial charge on any atom is -0.366 e. The zero-order chi connectivity index (χ0) is 11.8. The van der Waals surface area contributed by atoms with Crippen LogP contribution in [0, 0.1) is 6.92 Å². The van der Waals surface area contributed by atoms with Crippen molar-refractivity contribution < 1.29 is 18.0 Å². The van der Waals surface area contributed by atoms with Crippen molar-refractivity contribution in [1.29, 1.82) is 0 Å². The Hall–Kier alpha value is -1.04. The Morgan fingerprint density at radius 2 is 1.93 bits per heavy atom. The molecule has 0 aliphatic heterocycles. The third-order valence-corrected chi connectivity index (χ3v) is 2.31. The summed E-state index contributed by atoms with van der Waals surface area (Å²) in [5, 5.41) is 0. The maximum absolute atomic E-state index is 12.6. The number of rotatable bonds is 1. The highest BCUT2D eigenvalue weighted by atomic mass is 79.9. The lowest BCUT2D eigenvalue weighted by Crippen LogP contribution is -2.20. The predicted molar refractivity (Wildman–Crippen MR) is 52.4 cm³/mol. The average molecular weight is 282 g/mol. The van der Waals surface area contributed by atoms with E-state index in [1.165, 1.54) is 13.0 Å². The van der Waals surface area contributed by atoms with Gasteiger partial charge in [0.05, 0.1) is 11.1 Å². The number of alkyl halides is 3. The molecule has 0 aliphatic rings. The number of aryl methyl sites for hydroxylation is 1. The molecule has 1 rings (SSSR count). The molecule has 0 spiro atoms. The van der Waals surface area contributed by atoms with Crippen molar-refractivity contribution in [2.24, 2.45) is 5.73 Å². The summed E-state index contributed by atoms with van der Waals surface area (Å²) in [6.07, 6.45) is -4.57. The smallest absolute Gasteiger partial charge is 0.366 e. The zero-order valence-electron chi connectivity index (χ0n) is 7.65. The molecule has 0 aromatic heterocycles. The quantitative estimate of drug-likeness (QED) is 0.845. The first kappa shape index (κ1) is 12.0. The van der Waals surface area contributed by atoms with Gasteiger partial charge in [-0.25, -0.2) is 0 Å². The molecule has 0 radical (unpaired) electrons. The van der Waals surface area contributed by atoms with Crippen molar-refractivity contribution >= 4 is 21.8 Å². The van der Waals surface area contributed by atoms with Crippen LogP contribution in [0.25, 0.3) is 0 Å². The Morgan fingerprint density at radius 3 is 2.33 bits per heavy atom. The normalized spacial score (nSPS) is 11.5. The van der Waals surface area contributed by atoms with Crippen LogP contribution in [0.2, 0.25) is 0 Å². The largest absolute Gasteiger partial charge is 0.417 e. The van der Waals surface area contributed by atoms with Crippen molar-refractivity contribution in [3.63, 3.8) is 0 Å². The maximum Gasteiger partial charge on any atom is 0.417 e. The van der Waals surface area contributed by atoms with Gasteiger partial charge in [-0.3, -0.25) is 4.79 Å². The highest BCUT2D eigenvalue weighted by molar-refractivity contribution is 9.10. The number of primary amides is 1. The second-order valence-electron chi connectivity index (χ2n) is 3.01.